The molecule has 36 heavy (non-hydrogen) atoms. The Labute approximate surface area is 208 Å². The zero-order valence-electron chi connectivity index (χ0n) is 19.9. The number of anilines is 1. The third-order valence-electron chi connectivity index (χ3n) is 6.93. The van der Waals surface area contributed by atoms with E-state index in [4.69, 9.17) is 9.98 Å². The Bertz CT molecular complexity index is 1530. The van der Waals surface area contributed by atoms with Gasteiger partial charge in [0.2, 0.25) is 0 Å². The molecule has 7 heteroatoms. The maximum absolute atomic E-state index is 14.3. The summed E-state index contributed by atoms with van der Waals surface area (Å²) in [5, 5.41) is 4.40. The molecule has 1 fully saturated rings. The van der Waals surface area contributed by atoms with Crippen LogP contribution in [0, 0.1) is 11.6 Å². The Morgan fingerprint density at radius 1 is 0.944 bits per heavy atom. The normalized spacial score (nSPS) is 17.1. The molecule has 182 valence electrons. The fourth-order valence-electron chi connectivity index (χ4n) is 5.13. The Balaban J connectivity index is 1.62. The molecule has 6 rings (SSSR count). The van der Waals surface area contributed by atoms with E-state index in [0.29, 0.717) is 5.69 Å². The Hall–Kier alpha value is -3.87. The van der Waals surface area contributed by atoms with Crippen molar-refractivity contribution >= 4 is 22.9 Å². The third-order valence-corrected chi connectivity index (χ3v) is 6.93. The zero-order chi connectivity index (χ0) is 24.5. The van der Waals surface area contributed by atoms with Crippen molar-refractivity contribution < 1.29 is 8.78 Å². The van der Waals surface area contributed by atoms with Crippen LogP contribution in [-0.2, 0) is 0 Å². The van der Waals surface area contributed by atoms with E-state index in [1.54, 1.807) is 6.07 Å². The van der Waals surface area contributed by atoms with Gasteiger partial charge in [-0.2, -0.15) is 0 Å². The molecule has 0 radical (unpaired) electrons. The molecular weight excluding hydrogens is 456 g/mol. The molecule has 2 aromatic carbocycles. The van der Waals surface area contributed by atoms with E-state index in [1.165, 1.54) is 25.3 Å². The number of nitrogens with zero attached hydrogens (tertiary/aromatic N) is 4. The molecule has 2 aliphatic carbocycles. The van der Waals surface area contributed by atoms with E-state index in [-0.39, 0.29) is 6.04 Å². The Morgan fingerprint density at radius 3 is 2.61 bits per heavy atom. The van der Waals surface area contributed by atoms with Crippen molar-refractivity contribution in [3.63, 3.8) is 0 Å². The smallest absolute Gasteiger partial charge is 0.160 e. The number of hydrogen-bond donors (Lipinski definition) is 1. The van der Waals surface area contributed by atoms with Crippen molar-refractivity contribution in [3.05, 3.63) is 83.5 Å². The highest BCUT2D eigenvalue weighted by molar-refractivity contribution is 5.84. The monoisotopic (exact) mass is 483 g/mol. The van der Waals surface area contributed by atoms with Crippen LogP contribution in [-0.4, -0.2) is 21.8 Å². The second-order valence-electron chi connectivity index (χ2n) is 9.46. The third kappa shape index (κ3) is 4.41. The predicted molar refractivity (Wildman–Crippen MR) is 139 cm³/mol. The maximum atomic E-state index is 14.3. The number of aromatic nitrogens is 2. The maximum Gasteiger partial charge on any atom is 0.160 e. The lowest BCUT2D eigenvalue weighted by atomic mass is 9.96. The summed E-state index contributed by atoms with van der Waals surface area (Å²) in [6.07, 6.45) is 11.3. The number of rotatable bonds is 4. The summed E-state index contributed by atoms with van der Waals surface area (Å²) in [5.41, 5.74) is 5.55. The number of fused-ring (bicyclic) bond motifs is 2. The van der Waals surface area contributed by atoms with E-state index in [1.807, 2.05) is 53.4 Å². The number of benzene rings is 3. The van der Waals surface area contributed by atoms with Crippen molar-refractivity contribution in [2.45, 2.75) is 51.0 Å². The van der Waals surface area contributed by atoms with Crippen molar-refractivity contribution in [3.8, 4) is 17.1 Å². The molecule has 0 spiro atoms. The van der Waals surface area contributed by atoms with Crippen LogP contribution in [0.3, 0.4) is 0 Å². The minimum Gasteiger partial charge on any atom is -0.356 e. The van der Waals surface area contributed by atoms with Gasteiger partial charge < -0.3 is 9.88 Å². The molecule has 5 nitrogen and oxygen atoms in total. The Kier molecular flexibility index (Phi) is 6.05. The van der Waals surface area contributed by atoms with Gasteiger partial charge in [0.25, 0.3) is 0 Å². The van der Waals surface area contributed by atoms with Gasteiger partial charge in [-0.05, 0) is 62.1 Å². The molecule has 0 amide bonds. The van der Waals surface area contributed by atoms with E-state index < -0.39 is 11.6 Å². The lowest BCUT2D eigenvalue weighted by Crippen LogP contribution is -2.20. The molecule has 1 saturated carbocycles. The highest BCUT2D eigenvalue weighted by Crippen LogP contribution is 2.31. The van der Waals surface area contributed by atoms with Gasteiger partial charge in [0, 0.05) is 29.9 Å². The van der Waals surface area contributed by atoms with E-state index in [2.05, 4.69) is 10.3 Å². The van der Waals surface area contributed by atoms with Gasteiger partial charge in [-0.15, -0.1) is 0 Å². The van der Waals surface area contributed by atoms with Gasteiger partial charge in [0.15, 0.2) is 11.6 Å². The quantitative estimate of drug-likeness (QED) is 0.326. The van der Waals surface area contributed by atoms with Gasteiger partial charge in [-0.25, -0.2) is 13.8 Å². The van der Waals surface area contributed by atoms with Crippen LogP contribution in [0.1, 0.15) is 44.9 Å². The first kappa shape index (κ1) is 22.6. The number of para-hydroxylation sites is 2. The number of halogens is 2. The van der Waals surface area contributed by atoms with Crippen molar-refractivity contribution in [2.75, 3.05) is 5.32 Å². The average molecular weight is 484 g/mol. The lowest BCUT2D eigenvalue weighted by molar-refractivity contribution is 0.437. The standard InChI is InChI=1S/C29H27F2N5/c30-22-13-12-21(15-23(22)31)36-28-11-5-4-10-24(28)35-27-16-25(34-20-9-6-14-32-18-20)26(17-29(27)36)33-19-7-2-1-3-8-19/h4-5,10-19,34H,1-3,6-9H2. The van der Waals surface area contributed by atoms with Gasteiger partial charge in [0.1, 0.15) is 0 Å². The summed E-state index contributed by atoms with van der Waals surface area (Å²) in [4.78, 5) is 14.4. The zero-order valence-corrected chi connectivity index (χ0v) is 19.9. The number of nitrogens with one attached hydrogen (secondary N) is 1. The highest BCUT2D eigenvalue weighted by Gasteiger charge is 2.19. The molecule has 2 aliphatic heterocycles. The average Bonchev–Trinajstić information content (AvgIpc) is 2.91. The summed E-state index contributed by atoms with van der Waals surface area (Å²) < 4.78 is 30.1. The molecule has 0 aromatic heterocycles. The summed E-state index contributed by atoms with van der Waals surface area (Å²) in [6.45, 7) is 0. The fourth-order valence-corrected chi connectivity index (χ4v) is 5.13. The van der Waals surface area contributed by atoms with Crippen molar-refractivity contribution in [1.29, 1.82) is 0 Å². The molecule has 2 heterocycles. The van der Waals surface area contributed by atoms with Crippen LogP contribution in [0.5, 0.6) is 0 Å². The van der Waals surface area contributed by atoms with Crippen molar-refractivity contribution in [1.82, 2.24) is 9.55 Å². The molecule has 1 N–H and O–H groups in total. The number of allylic oxidation sites excluding steroid dienone is 1. The second kappa shape index (κ2) is 9.64. The first-order chi connectivity index (χ1) is 17.7. The number of hydrogen-bond acceptors (Lipinski definition) is 4. The second-order valence-corrected chi connectivity index (χ2v) is 9.46. The molecule has 0 unspecified atom stereocenters. The fraction of sp³-hybridized carbons (Fsp3) is 0.276. The highest BCUT2D eigenvalue weighted by atomic mass is 19.2. The first-order valence-corrected chi connectivity index (χ1v) is 12.6. The van der Waals surface area contributed by atoms with E-state index in [9.17, 15) is 8.78 Å². The van der Waals surface area contributed by atoms with Crippen molar-refractivity contribution in [2.24, 2.45) is 9.98 Å². The number of aliphatic imine (C=N–C) groups is 1. The van der Waals surface area contributed by atoms with Crippen LogP contribution < -0.4 is 10.7 Å². The summed E-state index contributed by atoms with van der Waals surface area (Å²) in [6, 6.07) is 16.0. The largest absolute Gasteiger partial charge is 0.356 e. The van der Waals surface area contributed by atoms with Crippen LogP contribution in [0.4, 0.5) is 14.5 Å². The minimum absolute atomic E-state index is 0.264. The molecule has 0 bridgehead atoms. The van der Waals surface area contributed by atoms with Crippen LogP contribution >= 0.6 is 0 Å². The minimum atomic E-state index is -0.885. The Morgan fingerprint density at radius 2 is 1.81 bits per heavy atom. The van der Waals surface area contributed by atoms with Gasteiger partial charge >= 0.3 is 0 Å². The molecule has 2 aromatic rings. The molecule has 0 saturated heterocycles. The van der Waals surface area contributed by atoms with Gasteiger partial charge in [-0.1, -0.05) is 31.4 Å². The van der Waals surface area contributed by atoms with Crippen LogP contribution in [0.25, 0.3) is 28.1 Å². The van der Waals surface area contributed by atoms with Gasteiger partial charge in [-0.3, -0.25) is 9.98 Å². The summed E-state index contributed by atoms with van der Waals surface area (Å²) in [7, 11) is 0. The predicted octanol–water partition coefficient (Wildman–Crippen LogP) is 6.76. The summed E-state index contributed by atoms with van der Waals surface area (Å²) >= 11 is 0. The SMILES string of the molecule is Fc1ccc(-n2c3cc(=NC4CCCCC4)c(NC4=CN=CCC4)cc-3nc3ccccc32)cc1F. The van der Waals surface area contributed by atoms with Crippen LogP contribution in [0.15, 0.2) is 76.5 Å². The first-order valence-electron chi connectivity index (χ1n) is 12.6. The summed E-state index contributed by atoms with van der Waals surface area (Å²) in [5.74, 6) is -1.76. The van der Waals surface area contributed by atoms with E-state index in [0.717, 1.165) is 70.9 Å². The molecule has 0 atom stereocenters. The molecular formula is C29H27F2N5. The lowest BCUT2D eigenvalue weighted by Gasteiger charge is -2.22. The van der Waals surface area contributed by atoms with E-state index >= 15 is 0 Å². The van der Waals surface area contributed by atoms with Gasteiger partial charge in [0.05, 0.1) is 39.5 Å². The molecule has 4 aliphatic rings. The topological polar surface area (TPSA) is 54.6 Å². The van der Waals surface area contributed by atoms with Crippen LogP contribution in [0.2, 0.25) is 0 Å².